The Morgan fingerprint density at radius 3 is 2.20 bits per heavy atom. The molecule has 0 fully saturated rings. The lowest BCUT2D eigenvalue weighted by Crippen LogP contribution is -2.56. The van der Waals surface area contributed by atoms with E-state index in [9.17, 15) is 24.6 Å². The quantitative estimate of drug-likeness (QED) is 0.404. The van der Waals surface area contributed by atoms with E-state index in [4.69, 9.17) is 10.5 Å². The Bertz CT molecular complexity index is 855. The Morgan fingerprint density at radius 2 is 1.63 bits per heavy atom. The minimum atomic E-state index is -1.32. The van der Waals surface area contributed by atoms with Gasteiger partial charge in [0.25, 0.3) is 0 Å². The summed E-state index contributed by atoms with van der Waals surface area (Å²) >= 11 is 0. The number of hydrogen-bond donors (Lipinski definition) is 5. The molecule has 2 aromatic rings. The molecular weight excluding hydrogens is 390 g/mol. The van der Waals surface area contributed by atoms with Crippen molar-refractivity contribution in [3.05, 3.63) is 65.7 Å². The van der Waals surface area contributed by atoms with Gasteiger partial charge in [-0.1, -0.05) is 42.5 Å². The number of nitrogens with one attached hydrogen (secondary N) is 2. The van der Waals surface area contributed by atoms with Gasteiger partial charge in [0.2, 0.25) is 11.8 Å². The molecule has 30 heavy (non-hydrogen) atoms. The zero-order valence-electron chi connectivity index (χ0n) is 16.4. The first kappa shape index (κ1) is 22.7. The van der Waals surface area contributed by atoms with Gasteiger partial charge >= 0.3 is 6.09 Å². The third-order valence-corrected chi connectivity index (χ3v) is 4.28. The number of alkyl carbamates (subject to hydrolysis) is 1. The second kappa shape index (κ2) is 10.8. The predicted octanol–water partition coefficient (Wildman–Crippen LogP) is 0.581. The molecule has 0 saturated carbocycles. The van der Waals surface area contributed by atoms with E-state index >= 15 is 0 Å². The van der Waals surface area contributed by atoms with Gasteiger partial charge in [0.15, 0.2) is 0 Å². The Kier molecular flexibility index (Phi) is 8.18. The minimum absolute atomic E-state index is 0.0117. The third kappa shape index (κ3) is 7.10. The van der Waals surface area contributed by atoms with Gasteiger partial charge in [-0.2, -0.15) is 0 Å². The Labute approximate surface area is 173 Å². The molecule has 6 N–H and O–H groups in total. The van der Waals surface area contributed by atoms with Crippen LogP contribution in [0.2, 0.25) is 0 Å². The first-order chi connectivity index (χ1) is 14.3. The maximum absolute atomic E-state index is 12.7. The lowest BCUT2D eigenvalue weighted by atomic mass is 10.0. The van der Waals surface area contributed by atoms with E-state index < -0.39 is 36.1 Å². The molecule has 0 bridgehead atoms. The summed E-state index contributed by atoms with van der Waals surface area (Å²) < 4.78 is 5.15. The van der Waals surface area contributed by atoms with Crippen LogP contribution in [0.4, 0.5) is 4.79 Å². The van der Waals surface area contributed by atoms with Crippen LogP contribution in [-0.4, -0.2) is 46.3 Å². The average molecular weight is 415 g/mol. The number of aliphatic hydroxyl groups is 1. The molecule has 0 spiro atoms. The number of aromatic hydroxyl groups is 1. The molecule has 0 radical (unpaired) electrons. The van der Waals surface area contributed by atoms with E-state index in [1.807, 2.05) is 6.07 Å². The summed E-state index contributed by atoms with van der Waals surface area (Å²) in [4.78, 5) is 36.4. The van der Waals surface area contributed by atoms with Crippen LogP contribution in [0.5, 0.6) is 5.75 Å². The van der Waals surface area contributed by atoms with Crippen LogP contribution in [0, 0.1) is 0 Å². The summed E-state index contributed by atoms with van der Waals surface area (Å²) in [6, 6.07) is 12.6. The molecule has 0 heterocycles. The summed E-state index contributed by atoms with van der Waals surface area (Å²) in [6.07, 6.45) is -1.99. The number of primary amides is 1. The molecule has 9 nitrogen and oxygen atoms in total. The van der Waals surface area contributed by atoms with Gasteiger partial charge < -0.3 is 31.3 Å². The van der Waals surface area contributed by atoms with E-state index in [0.29, 0.717) is 5.56 Å². The van der Waals surface area contributed by atoms with Crippen LogP contribution in [0.25, 0.3) is 0 Å². The molecule has 160 valence electrons. The zero-order valence-corrected chi connectivity index (χ0v) is 16.4. The smallest absolute Gasteiger partial charge is 0.408 e. The number of rotatable bonds is 9. The number of phenols is 1. The van der Waals surface area contributed by atoms with E-state index in [2.05, 4.69) is 10.6 Å². The zero-order chi connectivity index (χ0) is 22.1. The molecule has 0 aliphatic rings. The molecule has 2 rings (SSSR count). The molecule has 3 unspecified atom stereocenters. The van der Waals surface area contributed by atoms with Crippen LogP contribution >= 0.6 is 0 Å². The first-order valence-corrected chi connectivity index (χ1v) is 9.29. The number of aliphatic hydroxyl groups excluding tert-OH is 1. The Morgan fingerprint density at radius 1 is 1.00 bits per heavy atom. The van der Waals surface area contributed by atoms with Gasteiger partial charge in [-0.05, 0) is 30.2 Å². The van der Waals surface area contributed by atoms with Crippen molar-refractivity contribution in [2.24, 2.45) is 5.73 Å². The standard InChI is InChI=1S/C21H25N3O6/c1-13(25)18(19(22)27)24-20(28)17(11-14-7-9-16(26)10-8-14)23-21(29)30-12-15-5-3-2-4-6-15/h2-10,13,17-18,25-26H,11-12H2,1H3,(H2,22,27)(H,23,29)(H,24,28). The molecule has 0 aliphatic carbocycles. The molecule has 9 heteroatoms. The number of ether oxygens (including phenoxy) is 1. The van der Waals surface area contributed by atoms with Crippen molar-refractivity contribution in [3.8, 4) is 5.75 Å². The van der Waals surface area contributed by atoms with Crippen molar-refractivity contribution in [2.45, 2.75) is 38.1 Å². The predicted molar refractivity (Wildman–Crippen MR) is 108 cm³/mol. The van der Waals surface area contributed by atoms with Crippen molar-refractivity contribution in [2.75, 3.05) is 0 Å². The van der Waals surface area contributed by atoms with Gasteiger partial charge in [-0.25, -0.2) is 4.79 Å². The first-order valence-electron chi connectivity index (χ1n) is 9.29. The minimum Gasteiger partial charge on any atom is -0.508 e. The van der Waals surface area contributed by atoms with Crippen molar-refractivity contribution >= 4 is 17.9 Å². The van der Waals surface area contributed by atoms with Crippen LogP contribution in [0.15, 0.2) is 54.6 Å². The topological polar surface area (TPSA) is 151 Å². The van der Waals surface area contributed by atoms with E-state index in [1.165, 1.54) is 19.1 Å². The SMILES string of the molecule is CC(O)C(NC(=O)C(Cc1ccc(O)cc1)NC(=O)OCc1ccccc1)C(N)=O. The van der Waals surface area contributed by atoms with E-state index in [0.717, 1.165) is 5.56 Å². The Hall–Kier alpha value is -3.59. The highest BCUT2D eigenvalue weighted by Crippen LogP contribution is 2.12. The summed E-state index contributed by atoms with van der Waals surface area (Å²) in [5, 5.41) is 23.9. The highest BCUT2D eigenvalue weighted by molar-refractivity contribution is 5.91. The number of benzene rings is 2. The number of carbonyl (C=O) groups excluding carboxylic acids is 3. The number of carbonyl (C=O) groups is 3. The highest BCUT2D eigenvalue weighted by atomic mass is 16.5. The van der Waals surface area contributed by atoms with Crippen molar-refractivity contribution in [1.29, 1.82) is 0 Å². The fraction of sp³-hybridized carbons (Fsp3) is 0.286. The fourth-order valence-electron chi connectivity index (χ4n) is 2.67. The molecule has 2 aromatic carbocycles. The molecule has 0 aliphatic heterocycles. The third-order valence-electron chi connectivity index (χ3n) is 4.28. The molecule has 0 aromatic heterocycles. The molecule has 3 amide bonds. The van der Waals surface area contributed by atoms with Gasteiger partial charge in [0.05, 0.1) is 6.10 Å². The molecular formula is C21H25N3O6. The Balaban J connectivity index is 2.09. The number of amides is 3. The van der Waals surface area contributed by atoms with Gasteiger partial charge in [0.1, 0.15) is 24.4 Å². The highest BCUT2D eigenvalue weighted by Gasteiger charge is 2.29. The lowest BCUT2D eigenvalue weighted by molar-refractivity contribution is -0.130. The summed E-state index contributed by atoms with van der Waals surface area (Å²) in [5.74, 6) is -1.57. The summed E-state index contributed by atoms with van der Waals surface area (Å²) in [5.41, 5.74) is 6.63. The lowest BCUT2D eigenvalue weighted by Gasteiger charge is -2.23. The summed E-state index contributed by atoms with van der Waals surface area (Å²) in [7, 11) is 0. The van der Waals surface area contributed by atoms with E-state index in [1.54, 1.807) is 36.4 Å². The fourth-order valence-corrected chi connectivity index (χ4v) is 2.67. The van der Waals surface area contributed by atoms with Crippen LogP contribution < -0.4 is 16.4 Å². The number of hydrogen-bond acceptors (Lipinski definition) is 6. The molecule has 0 saturated heterocycles. The van der Waals surface area contributed by atoms with Crippen LogP contribution in [0.3, 0.4) is 0 Å². The summed E-state index contributed by atoms with van der Waals surface area (Å²) in [6.45, 7) is 1.32. The maximum Gasteiger partial charge on any atom is 0.408 e. The maximum atomic E-state index is 12.7. The van der Waals surface area contributed by atoms with Crippen LogP contribution in [0.1, 0.15) is 18.1 Å². The second-order valence-corrected chi connectivity index (χ2v) is 6.76. The second-order valence-electron chi connectivity index (χ2n) is 6.76. The molecule has 3 atom stereocenters. The van der Waals surface area contributed by atoms with Crippen molar-refractivity contribution in [1.82, 2.24) is 10.6 Å². The normalized spacial score (nSPS) is 13.5. The number of phenolic OH excluding ortho intramolecular Hbond substituents is 1. The van der Waals surface area contributed by atoms with Gasteiger partial charge in [-0.15, -0.1) is 0 Å². The van der Waals surface area contributed by atoms with Gasteiger partial charge in [-0.3, -0.25) is 9.59 Å². The van der Waals surface area contributed by atoms with Crippen molar-refractivity contribution in [3.63, 3.8) is 0 Å². The monoisotopic (exact) mass is 415 g/mol. The van der Waals surface area contributed by atoms with Crippen molar-refractivity contribution < 1.29 is 29.3 Å². The average Bonchev–Trinajstić information content (AvgIpc) is 2.71. The van der Waals surface area contributed by atoms with Crippen LogP contribution in [-0.2, 0) is 27.4 Å². The van der Waals surface area contributed by atoms with E-state index in [-0.39, 0.29) is 18.8 Å². The van der Waals surface area contributed by atoms with Gasteiger partial charge in [0, 0.05) is 6.42 Å². The largest absolute Gasteiger partial charge is 0.508 e. The number of nitrogens with two attached hydrogens (primary N) is 1.